The molecule has 0 amide bonds. The fourth-order valence-electron chi connectivity index (χ4n) is 3.06. The van der Waals surface area contributed by atoms with Crippen LogP contribution >= 0.6 is 11.3 Å². The van der Waals surface area contributed by atoms with Gasteiger partial charge >= 0.3 is 6.18 Å². The number of ketones is 1. The molecule has 0 bridgehead atoms. The van der Waals surface area contributed by atoms with Crippen molar-refractivity contribution in [2.24, 2.45) is 0 Å². The number of hydrogen-bond acceptors (Lipinski definition) is 3. The summed E-state index contributed by atoms with van der Waals surface area (Å²) in [5, 5.41) is 2.14. The minimum atomic E-state index is -4.52. The number of aromatic nitrogens is 1. The molecular formula is C21H12F3NOS. The molecule has 134 valence electrons. The molecule has 0 N–H and O–H groups in total. The smallest absolute Gasteiger partial charge is 0.289 e. The number of pyridine rings is 1. The minimum Gasteiger partial charge on any atom is -0.289 e. The minimum absolute atomic E-state index is 0.155. The van der Waals surface area contributed by atoms with Crippen molar-refractivity contribution in [1.29, 1.82) is 0 Å². The van der Waals surface area contributed by atoms with Crippen LogP contribution in [0.25, 0.3) is 21.3 Å². The molecule has 0 saturated heterocycles. The number of hydrogen-bond donors (Lipinski definition) is 0. The monoisotopic (exact) mass is 383 g/mol. The van der Waals surface area contributed by atoms with Gasteiger partial charge in [-0.3, -0.25) is 9.78 Å². The highest BCUT2D eigenvalue weighted by atomic mass is 32.1. The molecule has 2 nitrogen and oxygen atoms in total. The van der Waals surface area contributed by atoms with Gasteiger partial charge in [0.1, 0.15) is 0 Å². The lowest BCUT2D eigenvalue weighted by Crippen LogP contribution is -2.09. The number of nitrogens with zero attached hydrogens (tertiary/aromatic N) is 1. The Hall–Kier alpha value is -2.99. The van der Waals surface area contributed by atoms with Gasteiger partial charge in [-0.15, -0.1) is 11.3 Å². The first kappa shape index (κ1) is 17.4. The van der Waals surface area contributed by atoms with E-state index >= 15 is 0 Å². The van der Waals surface area contributed by atoms with Crippen molar-refractivity contribution in [3.63, 3.8) is 0 Å². The molecule has 0 radical (unpaired) electrons. The number of thiophene rings is 1. The van der Waals surface area contributed by atoms with Crippen LogP contribution in [0.4, 0.5) is 13.2 Å². The summed E-state index contributed by atoms with van der Waals surface area (Å²) in [7, 11) is 0. The Kier molecular flexibility index (Phi) is 4.28. The second-order valence-corrected chi connectivity index (χ2v) is 6.87. The SMILES string of the molecule is O=C(c1ccccc1)c1cnc2c(C(F)(F)F)cccc2c1-c1cccs1. The number of halogens is 3. The highest BCUT2D eigenvalue weighted by Crippen LogP contribution is 2.40. The van der Waals surface area contributed by atoms with Gasteiger partial charge in [-0.2, -0.15) is 13.2 Å². The Labute approximate surface area is 156 Å². The van der Waals surface area contributed by atoms with E-state index in [1.807, 2.05) is 5.38 Å². The van der Waals surface area contributed by atoms with Crippen LogP contribution in [-0.4, -0.2) is 10.8 Å². The lowest BCUT2D eigenvalue weighted by atomic mass is 9.94. The molecule has 0 unspecified atom stereocenters. The zero-order valence-electron chi connectivity index (χ0n) is 13.8. The van der Waals surface area contributed by atoms with E-state index in [1.54, 1.807) is 48.5 Å². The quantitative estimate of drug-likeness (QED) is 0.394. The standard InChI is InChI=1S/C21H12F3NOS/c22-21(23,24)16-9-4-8-14-18(17-10-5-11-27-17)15(12-25-19(14)16)20(26)13-6-2-1-3-7-13/h1-12H. The van der Waals surface area contributed by atoms with Gasteiger partial charge in [-0.05, 0) is 17.5 Å². The average Bonchev–Trinajstić information content (AvgIpc) is 3.20. The molecule has 4 rings (SSSR count). The van der Waals surface area contributed by atoms with Gasteiger partial charge in [0.25, 0.3) is 0 Å². The van der Waals surface area contributed by atoms with E-state index < -0.39 is 11.7 Å². The number of carbonyl (C=O) groups is 1. The summed E-state index contributed by atoms with van der Waals surface area (Å²) in [6, 6.07) is 16.2. The van der Waals surface area contributed by atoms with E-state index in [4.69, 9.17) is 0 Å². The second-order valence-electron chi connectivity index (χ2n) is 5.92. The molecule has 6 heteroatoms. The van der Waals surface area contributed by atoms with Gasteiger partial charge in [-0.1, -0.05) is 48.5 Å². The normalized spacial score (nSPS) is 11.7. The Balaban J connectivity index is 2.04. The van der Waals surface area contributed by atoms with E-state index in [-0.39, 0.29) is 16.9 Å². The van der Waals surface area contributed by atoms with Crippen LogP contribution in [0.1, 0.15) is 21.5 Å². The Morgan fingerprint density at radius 3 is 2.37 bits per heavy atom. The van der Waals surface area contributed by atoms with Crippen molar-refractivity contribution < 1.29 is 18.0 Å². The maximum atomic E-state index is 13.4. The van der Waals surface area contributed by atoms with E-state index in [0.29, 0.717) is 16.5 Å². The topological polar surface area (TPSA) is 30.0 Å². The fraction of sp³-hybridized carbons (Fsp3) is 0.0476. The summed E-state index contributed by atoms with van der Waals surface area (Å²) < 4.78 is 40.2. The number of carbonyl (C=O) groups excluding carboxylic acids is 1. The first-order valence-electron chi connectivity index (χ1n) is 8.09. The molecule has 4 aromatic rings. The molecule has 27 heavy (non-hydrogen) atoms. The predicted octanol–water partition coefficient (Wildman–Crippen LogP) is 6.21. The molecule has 0 spiro atoms. The van der Waals surface area contributed by atoms with Gasteiger partial charge in [0, 0.05) is 27.6 Å². The van der Waals surface area contributed by atoms with Crippen LogP contribution in [0.5, 0.6) is 0 Å². The summed E-state index contributed by atoms with van der Waals surface area (Å²) in [5.74, 6) is -0.272. The summed E-state index contributed by atoms with van der Waals surface area (Å²) in [4.78, 5) is 17.8. The summed E-state index contributed by atoms with van der Waals surface area (Å²) >= 11 is 1.37. The van der Waals surface area contributed by atoms with Gasteiger partial charge < -0.3 is 0 Å². The third-order valence-corrected chi connectivity index (χ3v) is 5.14. The van der Waals surface area contributed by atoms with Crippen molar-refractivity contribution in [1.82, 2.24) is 4.98 Å². The fourth-order valence-corrected chi connectivity index (χ4v) is 3.85. The predicted molar refractivity (Wildman–Crippen MR) is 99.9 cm³/mol. The molecule has 2 heterocycles. The highest BCUT2D eigenvalue weighted by molar-refractivity contribution is 7.13. The molecule has 0 saturated carbocycles. The van der Waals surface area contributed by atoms with E-state index in [0.717, 1.165) is 10.9 Å². The van der Waals surface area contributed by atoms with E-state index in [9.17, 15) is 18.0 Å². The average molecular weight is 383 g/mol. The summed E-state index contributed by atoms with van der Waals surface area (Å²) in [5.41, 5.74) is 0.267. The highest BCUT2D eigenvalue weighted by Gasteiger charge is 2.34. The Morgan fingerprint density at radius 2 is 1.70 bits per heavy atom. The number of para-hydroxylation sites is 1. The Morgan fingerprint density at radius 1 is 0.926 bits per heavy atom. The Bertz CT molecular complexity index is 1120. The van der Waals surface area contributed by atoms with Crippen LogP contribution in [0.3, 0.4) is 0 Å². The number of alkyl halides is 3. The number of rotatable bonds is 3. The largest absolute Gasteiger partial charge is 0.418 e. The molecule has 0 atom stereocenters. The van der Waals surface area contributed by atoms with Crippen LogP contribution in [-0.2, 0) is 6.18 Å². The molecule has 2 aromatic heterocycles. The first-order valence-corrected chi connectivity index (χ1v) is 8.97. The zero-order chi connectivity index (χ0) is 19.0. The lowest BCUT2D eigenvalue weighted by Gasteiger charge is -2.14. The molecule has 0 aliphatic carbocycles. The third-order valence-electron chi connectivity index (χ3n) is 4.25. The third kappa shape index (κ3) is 3.13. The van der Waals surface area contributed by atoms with Crippen molar-refractivity contribution in [3.8, 4) is 10.4 Å². The van der Waals surface area contributed by atoms with E-state index in [2.05, 4.69) is 4.98 Å². The van der Waals surface area contributed by atoms with Crippen molar-refractivity contribution >= 4 is 28.0 Å². The zero-order valence-corrected chi connectivity index (χ0v) is 14.6. The summed E-state index contributed by atoms with van der Waals surface area (Å²) in [6.45, 7) is 0. The number of fused-ring (bicyclic) bond motifs is 1. The van der Waals surface area contributed by atoms with Gasteiger partial charge in [-0.25, -0.2) is 0 Å². The van der Waals surface area contributed by atoms with E-state index in [1.165, 1.54) is 23.6 Å². The van der Waals surface area contributed by atoms with Crippen molar-refractivity contribution in [2.45, 2.75) is 6.18 Å². The maximum absolute atomic E-state index is 13.4. The van der Waals surface area contributed by atoms with Crippen LogP contribution in [0.2, 0.25) is 0 Å². The molecule has 0 fully saturated rings. The van der Waals surface area contributed by atoms with Gasteiger partial charge in [0.15, 0.2) is 5.78 Å². The summed E-state index contributed by atoms with van der Waals surface area (Å²) in [6.07, 6.45) is -3.27. The van der Waals surface area contributed by atoms with Crippen LogP contribution in [0, 0.1) is 0 Å². The molecule has 2 aromatic carbocycles. The van der Waals surface area contributed by atoms with Crippen molar-refractivity contribution in [2.75, 3.05) is 0 Å². The van der Waals surface area contributed by atoms with Gasteiger partial charge in [0.2, 0.25) is 0 Å². The van der Waals surface area contributed by atoms with Crippen LogP contribution < -0.4 is 0 Å². The molecular weight excluding hydrogens is 371 g/mol. The van der Waals surface area contributed by atoms with Gasteiger partial charge in [0.05, 0.1) is 16.6 Å². The second kappa shape index (κ2) is 6.63. The maximum Gasteiger partial charge on any atom is 0.418 e. The van der Waals surface area contributed by atoms with Crippen molar-refractivity contribution in [3.05, 3.63) is 88.9 Å². The van der Waals surface area contributed by atoms with Crippen LogP contribution in [0.15, 0.2) is 72.2 Å². The lowest BCUT2D eigenvalue weighted by molar-refractivity contribution is -0.136. The molecule has 0 aliphatic rings. The number of benzene rings is 2. The first-order chi connectivity index (χ1) is 13.0. The molecule has 0 aliphatic heterocycles.